The van der Waals surface area contributed by atoms with E-state index >= 15 is 0 Å². The average molecular weight is 572 g/mol. The molecule has 1 aromatic heterocycles. The van der Waals surface area contributed by atoms with Crippen molar-refractivity contribution in [3.8, 4) is 39.1 Å². The number of aromatic nitrogens is 1. The third kappa shape index (κ3) is 3.56. The van der Waals surface area contributed by atoms with Gasteiger partial charge in [-0.1, -0.05) is 121 Å². The average Bonchev–Trinajstić information content (AvgIpc) is 3.76. The summed E-state index contributed by atoms with van der Waals surface area (Å²) in [6.07, 6.45) is 1.000. The normalized spacial score (nSPS) is 14.4. The van der Waals surface area contributed by atoms with Crippen LogP contribution < -0.4 is 0 Å². The molecule has 1 unspecified atom stereocenters. The molecule has 0 aliphatic heterocycles. The van der Waals surface area contributed by atoms with Crippen molar-refractivity contribution in [3.63, 3.8) is 0 Å². The monoisotopic (exact) mass is 571 g/mol. The molecule has 0 saturated carbocycles. The number of nitrogens with zero attached hydrogens (tertiary/aromatic N) is 1. The Labute approximate surface area is 262 Å². The highest BCUT2D eigenvalue weighted by molar-refractivity contribution is 6.10. The van der Waals surface area contributed by atoms with Crippen LogP contribution in [0.15, 0.2) is 158 Å². The molecule has 0 bridgehead atoms. The highest BCUT2D eigenvalue weighted by atomic mass is 15.0. The first-order valence-corrected chi connectivity index (χ1v) is 15.9. The van der Waals surface area contributed by atoms with Gasteiger partial charge in [0.2, 0.25) is 0 Å². The Morgan fingerprint density at radius 1 is 0.467 bits per heavy atom. The van der Waals surface area contributed by atoms with Crippen LogP contribution in [0.4, 0.5) is 0 Å². The predicted molar refractivity (Wildman–Crippen MR) is 187 cm³/mol. The van der Waals surface area contributed by atoms with Crippen LogP contribution in [-0.4, -0.2) is 4.57 Å². The molecular weight excluding hydrogens is 542 g/mol. The fraction of sp³-hybridized carbons (Fsp3) is 0.0455. The Morgan fingerprint density at radius 2 is 1.16 bits per heavy atom. The Bertz CT molecular complexity index is 2450. The van der Waals surface area contributed by atoms with Gasteiger partial charge in [0.15, 0.2) is 0 Å². The van der Waals surface area contributed by atoms with Gasteiger partial charge in [-0.25, -0.2) is 0 Å². The minimum absolute atomic E-state index is 0.217. The molecule has 0 spiro atoms. The summed E-state index contributed by atoms with van der Waals surface area (Å²) in [5.41, 5.74) is 18.9. The zero-order valence-electron chi connectivity index (χ0n) is 24.7. The quantitative estimate of drug-likeness (QED) is 0.199. The number of fused-ring (bicyclic) bond motifs is 10. The molecule has 210 valence electrons. The summed E-state index contributed by atoms with van der Waals surface area (Å²) >= 11 is 0. The van der Waals surface area contributed by atoms with E-state index in [9.17, 15) is 0 Å². The molecule has 0 fully saturated rings. The second-order valence-corrected chi connectivity index (χ2v) is 12.5. The summed E-state index contributed by atoms with van der Waals surface area (Å²) in [7, 11) is 0. The van der Waals surface area contributed by atoms with Crippen LogP contribution in [0.25, 0.3) is 60.9 Å². The first-order chi connectivity index (χ1) is 22.3. The highest BCUT2D eigenvalue weighted by Gasteiger charge is 2.35. The first kappa shape index (κ1) is 24.7. The number of hydrogen-bond donors (Lipinski definition) is 0. The number of benzene rings is 7. The van der Waals surface area contributed by atoms with Gasteiger partial charge in [-0.05, 0) is 104 Å². The van der Waals surface area contributed by atoms with Crippen molar-refractivity contribution in [2.75, 3.05) is 0 Å². The molecule has 7 aromatic carbocycles. The van der Waals surface area contributed by atoms with E-state index in [1.54, 1.807) is 0 Å². The minimum Gasteiger partial charge on any atom is -0.309 e. The lowest BCUT2D eigenvalue weighted by Gasteiger charge is -2.16. The van der Waals surface area contributed by atoms with Crippen LogP contribution in [0.1, 0.15) is 33.7 Å². The second kappa shape index (κ2) is 9.42. The fourth-order valence-electron chi connectivity index (χ4n) is 8.18. The summed E-state index contributed by atoms with van der Waals surface area (Å²) in [6, 6.07) is 58.4. The number of hydrogen-bond acceptors (Lipinski definition) is 0. The molecule has 2 aliphatic rings. The van der Waals surface area contributed by atoms with Gasteiger partial charge in [0.1, 0.15) is 0 Å². The Balaban J connectivity index is 1.17. The molecular formula is C44H29N. The SMILES string of the molecule is c1ccc(C2c3cc(-c4ccc5c(c4)c4ccccc4n5-c4ccccc4)ccc3-c3c2ccc2c3Cc3ccccc3-2)cc1. The van der Waals surface area contributed by atoms with E-state index in [4.69, 9.17) is 0 Å². The Kier molecular flexibility index (Phi) is 5.18. The van der Waals surface area contributed by atoms with Crippen molar-refractivity contribution in [2.45, 2.75) is 12.3 Å². The summed E-state index contributed by atoms with van der Waals surface area (Å²) in [5.74, 6) is 0.217. The van der Waals surface area contributed by atoms with Gasteiger partial charge in [-0.3, -0.25) is 0 Å². The van der Waals surface area contributed by atoms with Gasteiger partial charge in [0, 0.05) is 22.4 Å². The molecule has 45 heavy (non-hydrogen) atoms. The molecule has 1 nitrogen and oxygen atoms in total. The summed E-state index contributed by atoms with van der Waals surface area (Å²) in [4.78, 5) is 0. The maximum Gasteiger partial charge on any atom is 0.0541 e. The minimum atomic E-state index is 0.217. The Morgan fingerprint density at radius 3 is 2.04 bits per heavy atom. The van der Waals surface area contributed by atoms with Crippen molar-refractivity contribution in [1.29, 1.82) is 0 Å². The molecule has 1 heterocycles. The lowest BCUT2D eigenvalue weighted by Crippen LogP contribution is -1.99. The van der Waals surface area contributed by atoms with E-state index in [-0.39, 0.29) is 5.92 Å². The van der Waals surface area contributed by atoms with Gasteiger partial charge in [0.25, 0.3) is 0 Å². The highest BCUT2D eigenvalue weighted by Crippen LogP contribution is 2.54. The maximum atomic E-state index is 2.47. The lowest BCUT2D eigenvalue weighted by atomic mass is 9.87. The molecule has 0 radical (unpaired) electrons. The van der Waals surface area contributed by atoms with Crippen LogP contribution in [0.5, 0.6) is 0 Å². The van der Waals surface area contributed by atoms with Crippen LogP contribution in [0.3, 0.4) is 0 Å². The molecule has 0 amide bonds. The summed E-state index contributed by atoms with van der Waals surface area (Å²) in [5, 5.41) is 2.56. The van der Waals surface area contributed by atoms with Crippen LogP contribution in [0, 0.1) is 0 Å². The van der Waals surface area contributed by atoms with E-state index in [2.05, 4.69) is 162 Å². The van der Waals surface area contributed by atoms with E-state index in [1.807, 2.05) is 0 Å². The van der Waals surface area contributed by atoms with Gasteiger partial charge < -0.3 is 4.57 Å². The number of rotatable bonds is 3. The third-order valence-corrected chi connectivity index (χ3v) is 10.1. The predicted octanol–water partition coefficient (Wildman–Crippen LogP) is 11.2. The molecule has 2 aliphatic carbocycles. The third-order valence-electron chi connectivity index (χ3n) is 10.1. The van der Waals surface area contributed by atoms with Gasteiger partial charge in [0.05, 0.1) is 11.0 Å². The van der Waals surface area contributed by atoms with Crippen molar-refractivity contribution in [2.24, 2.45) is 0 Å². The fourth-order valence-corrected chi connectivity index (χ4v) is 8.18. The van der Waals surface area contributed by atoms with E-state index in [0.717, 1.165) is 6.42 Å². The molecule has 1 heteroatoms. The van der Waals surface area contributed by atoms with Crippen molar-refractivity contribution in [3.05, 3.63) is 186 Å². The molecule has 0 N–H and O–H groups in total. The topological polar surface area (TPSA) is 4.93 Å². The zero-order valence-corrected chi connectivity index (χ0v) is 24.7. The summed E-state index contributed by atoms with van der Waals surface area (Å²) in [6.45, 7) is 0. The second-order valence-electron chi connectivity index (χ2n) is 12.5. The van der Waals surface area contributed by atoms with E-state index < -0.39 is 0 Å². The van der Waals surface area contributed by atoms with Gasteiger partial charge >= 0.3 is 0 Å². The van der Waals surface area contributed by atoms with Gasteiger partial charge in [-0.2, -0.15) is 0 Å². The van der Waals surface area contributed by atoms with Crippen LogP contribution in [0.2, 0.25) is 0 Å². The van der Waals surface area contributed by atoms with Gasteiger partial charge in [-0.15, -0.1) is 0 Å². The Hall–Kier alpha value is -5.66. The smallest absolute Gasteiger partial charge is 0.0541 e. The standard InChI is InChI=1S/C44H29N/c1-3-11-28(12-4-1)43-37-23-22-34-33-16-8-7-13-31(33)27-39(34)44(37)36-21-19-29(26-40(36)43)30-20-24-42-38(25-30)35-17-9-10-18-41(35)45(42)32-14-5-2-6-15-32/h1-26,43H,27H2. The van der Waals surface area contributed by atoms with Crippen molar-refractivity contribution < 1.29 is 0 Å². The largest absolute Gasteiger partial charge is 0.309 e. The van der Waals surface area contributed by atoms with Crippen LogP contribution in [-0.2, 0) is 6.42 Å². The van der Waals surface area contributed by atoms with E-state index in [1.165, 1.54) is 88.7 Å². The molecule has 10 rings (SSSR count). The molecule has 0 saturated heterocycles. The zero-order chi connectivity index (χ0) is 29.5. The first-order valence-electron chi connectivity index (χ1n) is 15.9. The summed E-state index contributed by atoms with van der Waals surface area (Å²) < 4.78 is 2.39. The lowest BCUT2D eigenvalue weighted by molar-refractivity contribution is 1.01. The van der Waals surface area contributed by atoms with Crippen molar-refractivity contribution in [1.82, 2.24) is 4.57 Å². The maximum absolute atomic E-state index is 2.47. The number of para-hydroxylation sites is 2. The van der Waals surface area contributed by atoms with E-state index in [0.29, 0.717) is 0 Å². The molecule has 1 atom stereocenters. The van der Waals surface area contributed by atoms with Crippen molar-refractivity contribution >= 4 is 21.8 Å². The molecule has 8 aromatic rings. The van der Waals surface area contributed by atoms with Crippen LogP contribution >= 0.6 is 0 Å².